The quantitative estimate of drug-likeness (QED) is 0.614. The number of carbonyl (C=O) groups is 3. The standard InChI is InChI=1S/C16H16N2O3S/c19-14(10-5-6-22-9-10)17-7-11(8-17)18-15(20)12-3-1-2-4-13(12)16(18)21/h1-2,5-6,9,11-13H,3-4,7-8H2/t12-,13+. The molecule has 0 saturated carbocycles. The molecule has 1 aromatic heterocycles. The Hall–Kier alpha value is -1.95. The fraction of sp³-hybridized carbons (Fsp3) is 0.438. The highest BCUT2D eigenvalue weighted by atomic mass is 32.1. The lowest BCUT2D eigenvalue weighted by Gasteiger charge is -2.43. The zero-order valence-electron chi connectivity index (χ0n) is 12.0. The summed E-state index contributed by atoms with van der Waals surface area (Å²) in [5.41, 5.74) is 0.681. The first-order valence-corrected chi connectivity index (χ1v) is 8.44. The van der Waals surface area contributed by atoms with Crippen LogP contribution in [0.5, 0.6) is 0 Å². The van der Waals surface area contributed by atoms with Gasteiger partial charge in [-0.25, -0.2) is 0 Å². The minimum absolute atomic E-state index is 0.0179. The molecule has 2 atom stereocenters. The van der Waals surface area contributed by atoms with Gasteiger partial charge in [0.15, 0.2) is 0 Å². The van der Waals surface area contributed by atoms with Crippen molar-refractivity contribution in [2.45, 2.75) is 18.9 Å². The van der Waals surface area contributed by atoms with Gasteiger partial charge in [-0.15, -0.1) is 0 Å². The largest absolute Gasteiger partial charge is 0.334 e. The van der Waals surface area contributed by atoms with Crippen LogP contribution in [0.3, 0.4) is 0 Å². The third-order valence-corrected chi connectivity index (χ3v) is 5.51. The second-order valence-corrected chi connectivity index (χ2v) is 6.86. The number of fused-ring (bicyclic) bond motifs is 1. The van der Waals surface area contributed by atoms with Crippen LogP contribution in [0.15, 0.2) is 29.0 Å². The van der Waals surface area contributed by atoms with Crippen molar-refractivity contribution in [3.05, 3.63) is 34.5 Å². The zero-order valence-corrected chi connectivity index (χ0v) is 12.8. The van der Waals surface area contributed by atoms with Gasteiger partial charge in [0, 0.05) is 18.5 Å². The van der Waals surface area contributed by atoms with E-state index in [2.05, 4.69) is 0 Å². The van der Waals surface area contributed by atoms with E-state index < -0.39 is 0 Å². The zero-order chi connectivity index (χ0) is 15.3. The van der Waals surface area contributed by atoms with E-state index >= 15 is 0 Å². The van der Waals surface area contributed by atoms with Gasteiger partial charge in [0.1, 0.15) is 0 Å². The van der Waals surface area contributed by atoms with Gasteiger partial charge in [-0.05, 0) is 24.3 Å². The van der Waals surface area contributed by atoms with Crippen LogP contribution >= 0.6 is 11.3 Å². The van der Waals surface area contributed by atoms with Gasteiger partial charge in [-0.1, -0.05) is 12.2 Å². The summed E-state index contributed by atoms with van der Waals surface area (Å²) >= 11 is 1.49. The number of nitrogens with zero attached hydrogens (tertiary/aromatic N) is 2. The Balaban J connectivity index is 1.44. The summed E-state index contributed by atoms with van der Waals surface area (Å²) in [7, 11) is 0. The van der Waals surface area contributed by atoms with Crippen LogP contribution in [0, 0.1) is 11.8 Å². The van der Waals surface area contributed by atoms with Crippen molar-refractivity contribution in [1.29, 1.82) is 0 Å². The highest BCUT2D eigenvalue weighted by molar-refractivity contribution is 7.08. The topological polar surface area (TPSA) is 57.7 Å². The average molecular weight is 316 g/mol. The minimum atomic E-state index is -0.181. The smallest absolute Gasteiger partial charge is 0.254 e. The summed E-state index contributed by atoms with van der Waals surface area (Å²) in [4.78, 5) is 40.2. The molecule has 3 heterocycles. The van der Waals surface area contributed by atoms with Crippen LogP contribution in [0.4, 0.5) is 0 Å². The van der Waals surface area contributed by atoms with E-state index in [0.29, 0.717) is 31.5 Å². The maximum Gasteiger partial charge on any atom is 0.254 e. The normalized spacial score (nSPS) is 28.0. The SMILES string of the molecule is O=C(c1ccsc1)N1CC(N2C(=O)[C@H]3CC=CC[C@H]3C2=O)C1. The van der Waals surface area contributed by atoms with E-state index in [4.69, 9.17) is 0 Å². The molecule has 2 fully saturated rings. The van der Waals surface area contributed by atoms with Crippen molar-refractivity contribution in [1.82, 2.24) is 9.80 Å². The van der Waals surface area contributed by atoms with Crippen molar-refractivity contribution in [3.63, 3.8) is 0 Å². The molecule has 0 unspecified atom stereocenters. The lowest BCUT2D eigenvalue weighted by molar-refractivity contribution is -0.145. The summed E-state index contributed by atoms with van der Waals surface area (Å²) in [6.45, 7) is 0.915. The van der Waals surface area contributed by atoms with Gasteiger partial charge in [0.25, 0.3) is 5.91 Å². The molecule has 3 aliphatic rings. The number of carbonyl (C=O) groups excluding carboxylic acids is 3. The molecule has 5 nitrogen and oxygen atoms in total. The number of hydrogen-bond acceptors (Lipinski definition) is 4. The van der Waals surface area contributed by atoms with E-state index in [-0.39, 0.29) is 35.6 Å². The lowest BCUT2D eigenvalue weighted by atomic mass is 9.85. The molecule has 114 valence electrons. The van der Waals surface area contributed by atoms with Crippen LogP contribution in [0.2, 0.25) is 0 Å². The molecule has 6 heteroatoms. The van der Waals surface area contributed by atoms with E-state index in [0.717, 1.165) is 0 Å². The Morgan fingerprint density at radius 2 is 1.73 bits per heavy atom. The predicted octanol–water partition coefficient (Wildman–Crippen LogP) is 1.52. The number of rotatable bonds is 2. The number of thiophene rings is 1. The molecule has 2 aliphatic heterocycles. The van der Waals surface area contributed by atoms with Crippen LogP contribution in [-0.2, 0) is 9.59 Å². The summed E-state index contributed by atoms with van der Waals surface area (Å²) in [5, 5.41) is 3.69. The van der Waals surface area contributed by atoms with Crippen LogP contribution in [-0.4, -0.2) is 46.7 Å². The average Bonchev–Trinajstić information content (AvgIpc) is 3.09. The number of likely N-dealkylation sites (tertiary alicyclic amines) is 2. The highest BCUT2D eigenvalue weighted by Crippen LogP contribution is 2.37. The number of imide groups is 1. The molecule has 0 aromatic carbocycles. The van der Waals surface area contributed by atoms with E-state index in [9.17, 15) is 14.4 Å². The second-order valence-electron chi connectivity index (χ2n) is 6.08. The maximum absolute atomic E-state index is 12.5. The molecule has 1 aromatic rings. The molecule has 22 heavy (non-hydrogen) atoms. The molecule has 2 saturated heterocycles. The molecule has 1 aliphatic carbocycles. The van der Waals surface area contributed by atoms with Gasteiger partial charge in [0.2, 0.25) is 11.8 Å². The number of allylic oxidation sites excluding steroid dienone is 2. The molecule has 4 rings (SSSR count). The number of hydrogen-bond donors (Lipinski definition) is 0. The summed E-state index contributed by atoms with van der Waals surface area (Å²) in [6.07, 6.45) is 5.30. The third kappa shape index (κ3) is 1.94. The third-order valence-electron chi connectivity index (χ3n) is 4.82. The lowest BCUT2D eigenvalue weighted by Crippen LogP contribution is -2.62. The van der Waals surface area contributed by atoms with Gasteiger partial charge >= 0.3 is 0 Å². The predicted molar refractivity (Wildman–Crippen MR) is 81.2 cm³/mol. The fourth-order valence-corrected chi connectivity index (χ4v) is 4.17. The highest BCUT2D eigenvalue weighted by Gasteiger charge is 2.52. The Kier molecular flexibility index (Phi) is 3.14. The molecule has 3 amide bonds. The van der Waals surface area contributed by atoms with Crippen LogP contribution < -0.4 is 0 Å². The Labute approximate surface area is 132 Å². The fourth-order valence-electron chi connectivity index (χ4n) is 3.54. The van der Waals surface area contributed by atoms with Crippen molar-refractivity contribution in [3.8, 4) is 0 Å². The van der Waals surface area contributed by atoms with Crippen molar-refractivity contribution >= 4 is 29.1 Å². The summed E-state index contributed by atoms with van der Waals surface area (Å²) in [5.74, 6) is -0.479. The van der Waals surface area contributed by atoms with Gasteiger partial charge in [0.05, 0.1) is 23.4 Å². The monoisotopic (exact) mass is 316 g/mol. The van der Waals surface area contributed by atoms with Crippen LogP contribution in [0.1, 0.15) is 23.2 Å². The second kappa shape index (κ2) is 5.05. The van der Waals surface area contributed by atoms with E-state index in [1.807, 2.05) is 22.9 Å². The molecule has 0 spiro atoms. The first kappa shape index (κ1) is 13.7. The maximum atomic E-state index is 12.5. The molecular formula is C16H16N2O3S. The molecule has 0 radical (unpaired) electrons. The van der Waals surface area contributed by atoms with E-state index in [1.165, 1.54) is 16.2 Å². The van der Waals surface area contributed by atoms with Crippen molar-refractivity contribution < 1.29 is 14.4 Å². The molecule has 0 bridgehead atoms. The Morgan fingerprint density at radius 3 is 2.27 bits per heavy atom. The first-order valence-electron chi connectivity index (χ1n) is 7.50. The minimum Gasteiger partial charge on any atom is -0.334 e. The van der Waals surface area contributed by atoms with Crippen LogP contribution in [0.25, 0.3) is 0 Å². The summed E-state index contributed by atoms with van der Waals surface area (Å²) < 4.78 is 0. The van der Waals surface area contributed by atoms with Gasteiger partial charge in [-0.2, -0.15) is 11.3 Å². The van der Waals surface area contributed by atoms with Gasteiger partial charge in [-0.3, -0.25) is 19.3 Å². The van der Waals surface area contributed by atoms with Crippen molar-refractivity contribution in [2.24, 2.45) is 11.8 Å². The Bertz CT molecular complexity index is 635. The first-order chi connectivity index (χ1) is 10.7. The molecular weight excluding hydrogens is 300 g/mol. The van der Waals surface area contributed by atoms with Crippen molar-refractivity contribution in [2.75, 3.05) is 13.1 Å². The summed E-state index contributed by atoms with van der Waals surface area (Å²) in [6, 6.07) is 1.65. The number of amides is 3. The van der Waals surface area contributed by atoms with Gasteiger partial charge < -0.3 is 4.90 Å². The Morgan fingerprint density at radius 1 is 1.09 bits per heavy atom. The molecule has 0 N–H and O–H groups in total. The van der Waals surface area contributed by atoms with E-state index in [1.54, 1.807) is 11.0 Å².